The average Bonchev–Trinajstić information content (AvgIpc) is 2.46. The van der Waals surface area contributed by atoms with E-state index < -0.39 is 0 Å². The van der Waals surface area contributed by atoms with E-state index in [0.29, 0.717) is 6.04 Å². The van der Waals surface area contributed by atoms with E-state index in [2.05, 4.69) is 36.2 Å². The number of halogens is 1. The molecule has 0 amide bonds. The van der Waals surface area contributed by atoms with Crippen molar-refractivity contribution in [2.75, 3.05) is 26.2 Å². The Morgan fingerprint density at radius 3 is 2.55 bits per heavy atom. The van der Waals surface area contributed by atoms with Gasteiger partial charge in [-0.05, 0) is 76.0 Å². The first-order chi connectivity index (χ1) is 9.65. The first-order valence-corrected chi connectivity index (χ1v) is 8.24. The highest BCUT2D eigenvalue weighted by atomic mass is 35.5. The van der Waals surface area contributed by atoms with Gasteiger partial charge in [0.15, 0.2) is 0 Å². The molecule has 20 heavy (non-hydrogen) atoms. The van der Waals surface area contributed by atoms with Crippen molar-refractivity contribution in [3.8, 4) is 0 Å². The van der Waals surface area contributed by atoms with Crippen LogP contribution in [0.2, 0.25) is 5.02 Å². The molecule has 1 atom stereocenters. The van der Waals surface area contributed by atoms with Gasteiger partial charge in [-0.1, -0.05) is 30.7 Å². The molecule has 1 aliphatic rings. The second-order valence-corrected chi connectivity index (χ2v) is 6.54. The average molecular weight is 295 g/mol. The Kier molecular flexibility index (Phi) is 6.34. The third-order valence-corrected chi connectivity index (χ3v) is 4.60. The molecule has 0 aliphatic carbocycles. The lowest BCUT2D eigenvalue weighted by Crippen LogP contribution is -2.35. The number of rotatable bonds is 6. The smallest absolute Gasteiger partial charge is 0.0406 e. The fraction of sp³-hybridized carbons (Fsp3) is 0.647. The summed E-state index contributed by atoms with van der Waals surface area (Å²) in [6.07, 6.45) is 3.97. The number of piperidine rings is 1. The molecular weight excluding hydrogens is 268 g/mol. The Bertz CT molecular complexity index is 382. The minimum atomic E-state index is 0.397. The highest BCUT2D eigenvalue weighted by Crippen LogP contribution is 2.17. The molecule has 1 aromatic rings. The zero-order valence-electron chi connectivity index (χ0n) is 12.7. The summed E-state index contributed by atoms with van der Waals surface area (Å²) in [5.74, 6) is 0.925. The number of nitrogens with one attached hydrogen (secondary N) is 1. The van der Waals surface area contributed by atoms with E-state index >= 15 is 0 Å². The molecule has 0 saturated carbocycles. The molecule has 1 N–H and O–H groups in total. The molecule has 1 aliphatic heterocycles. The maximum Gasteiger partial charge on any atom is 0.0406 e. The van der Waals surface area contributed by atoms with Crippen LogP contribution in [0.5, 0.6) is 0 Å². The Balaban J connectivity index is 1.62. The number of benzene rings is 1. The Morgan fingerprint density at radius 1 is 1.25 bits per heavy atom. The van der Waals surface area contributed by atoms with Gasteiger partial charge in [-0.3, -0.25) is 0 Å². The van der Waals surface area contributed by atoms with Crippen LogP contribution in [-0.4, -0.2) is 31.1 Å². The van der Waals surface area contributed by atoms with Crippen LogP contribution in [0.25, 0.3) is 0 Å². The van der Waals surface area contributed by atoms with Crippen LogP contribution in [0.1, 0.15) is 44.7 Å². The second kappa shape index (κ2) is 8.02. The Hall–Kier alpha value is -0.570. The molecule has 0 radical (unpaired) electrons. The van der Waals surface area contributed by atoms with Crippen LogP contribution in [0, 0.1) is 5.92 Å². The summed E-state index contributed by atoms with van der Waals surface area (Å²) in [6, 6.07) is 8.53. The molecule has 0 bridgehead atoms. The zero-order valence-corrected chi connectivity index (χ0v) is 13.5. The fourth-order valence-corrected chi connectivity index (χ4v) is 2.90. The van der Waals surface area contributed by atoms with E-state index in [1.807, 2.05) is 12.1 Å². The summed E-state index contributed by atoms with van der Waals surface area (Å²) in [5.41, 5.74) is 1.31. The van der Waals surface area contributed by atoms with Crippen molar-refractivity contribution in [1.29, 1.82) is 0 Å². The maximum atomic E-state index is 5.91. The first kappa shape index (κ1) is 15.8. The third-order valence-electron chi connectivity index (χ3n) is 4.35. The quantitative estimate of drug-likeness (QED) is 0.794. The van der Waals surface area contributed by atoms with Crippen molar-refractivity contribution in [1.82, 2.24) is 10.2 Å². The molecule has 0 aromatic heterocycles. The molecule has 3 heteroatoms. The number of hydrogen-bond acceptors (Lipinski definition) is 2. The summed E-state index contributed by atoms with van der Waals surface area (Å²) in [5, 5.41) is 4.40. The third kappa shape index (κ3) is 5.08. The van der Waals surface area contributed by atoms with Crippen molar-refractivity contribution < 1.29 is 0 Å². The second-order valence-electron chi connectivity index (χ2n) is 6.11. The van der Waals surface area contributed by atoms with Crippen molar-refractivity contribution in [3.63, 3.8) is 0 Å². The van der Waals surface area contributed by atoms with Crippen LogP contribution in [0.3, 0.4) is 0 Å². The van der Waals surface area contributed by atoms with Gasteiger partial charge < -0.3 is 10.2 Å². The van der Waals surface area contributed by atoms with Gasteiger partial charge in [0.05, 0.1) is 0 Å². The Labute approximate surface area is 128 Å². The SMILES string of the molecule is CC1CCN(CCCNC(C)c2ccc(Cl)cc2)CC1. The molecule has 1 unspecified atom stereocenters. The van der Waals surface area contributed by atoms with Crippen molar-refractivity contribution in [3.05, 3.63) is 34.9 Å². The van der Waals surface area contributed by atoms with Crippen molar-refractivity contribution >= 4 is 11.6 Å². The van der Waals surface area contributed by atoms with E-state index in [1.165, 1.54) is 44.5 Å². The topological polar surface area (TPSA) is 15.3 Å². The lowest BCUT2D eigenvalue weighted by atomic mass is 9.99. The lowest BCUT2D eigenvalue weighted by Gasteiger charge is -2.30. The first-order valence-electron chi connectivity index (χ1n) is 7.86. The van der Waals surface area contributed by atoms with Crippen molar-refractivity contribution in [2.24, 2.45) is 5.92 Å². The van der Waals surface area contributed by atoms with Gasteiger partial charge in [0.2, 0.25) is 0 Å². The van der Waals surface area contributed by atoms with Crippen LogP contribution in [0.4, 0.5) is 0 Å². The molecule has 0 spiro atoms. The lowest BCUT2D eigenvalue weighted by molar-refractivity contribution is 0.190. The van der Waals surface area contributed by atoms with Crippen LogP contribution < -0.4 is 5.32 Å². The van der Waals surface area contributed by atoms with E-state index in [0.717, 1.165) is 17.5 Å². The van der Waals surface area contributed by atoms with Gasteiger partial charge in [0, 0.05) is 11.1 Å². The highest BCUT2D eigenvalue weighted by Gasteiger charge is 2.14. The number of hydrogen-bond donors (Lipinski definition) is 1. The zero-order chi connectivity index (χ0) is 14.4. The summed E-state index contributed by atoms with van der Waals surface area (Å²) in [4.78, 5) is 2.61. The monoisotopic (exact) mass is 294 g/mol. The van der Waals surface area contributed by atoms with Crippen LogP contribution in [-0.2, 0) is 0 Å². The molecule has 1 heterocycles. The van der Waals surface area contributed by atoms with E-state index in [9.17, 15) is 0 Å². The van der Waals surface area contributed by atoms with Crippen LogP contribution >= 0.6 is 11.6 Å². The molecule has 1 saturated heterocycles. The van der Waals surface area contributed by atoms with E-state index in [4.69, 9.17) is 11.6 Å². The predicted molar refractivity (Wildman–Crippen MR) is 87.3 cm³/mol. The summed E-state index contributed by atoms with van der Waals surface area (Å²) in [6.45, 7) is 9.46. The van der Waals surface area contributed by atoms with Gasteiger partial charge in [0.1, 0.15) is 0 Å². The maximum absolute atomic E-state index is 5.91. The van der Waals surface area contributed by atoms with Gasteiger partial charge >= 0.3 is 0 Å². The minimum Gasteiger partial charge on any atom is -0.310 e. The van der Waals surface area contributed by atoms with Gasteiger partial charge in [-0.2, -0.15) is 0 Å². The fourth-order valence-electron chi connectivity index (χ4n) is 2.78. The van der Waals surface area contributed by atoms with Gasteiger partial charge in [-0.15, -0.1) is 0 Å². The van der Waals surface area contributed by atoms with Crippen LogP contribution in [0.15, 0.2) is 24.3 Å². The molecule has 2 rings (SSSR count). The minimum absolute atomic E-state index is 0.397. The Morgan fingerprint density at radius 2 is 1.90 bits per heavy atom. The highest BCUT2D eigenvalue weighted by molar-refractivity contribution is 6.30. The van der Waals surface area contributed by atoms with Crippen molar-refractivity contribution in [2.45, 2.75) is 39.2 Å². The molecule has 2 nitrogen and oxygen atoms in total. The van der Waals surface area contributed by atoms with E-state index in [-0.39, 0.29) is 0 Å². The molecular formula is C17H27ClN2. The summed E-state index contributed by atoms with van der Waals surface area (Å²) in [7, 11) is 0. The van der Waals surface area contributed by atoms with Gasteiger partial charge in [-0.25, -0.2) is 0 Å². The predicted octanol–water partition coefficient (Wildman–Crippen LogP) is 4.11. The van der Waals surface area contributed by atoms with Gasteiger partial charge in [0.25, 0.3) is 0 Å². The summed E-state index contributed by atoms with van der Waals surface area (Å²) < 4.78 is 0. The molecule has 1 aromatic carbocycles. The normalized spacial score (nSPS) is 19.1. The standard InChI is InChI=1S/C17H27ClN2/c1-14-8-12-20(13-9-14)11-3-10-19-15(2)16-4-6-17(18)7-5-16/h4-7,14-15,19H,3,8-13H2,1-2H3. The molecule has 112 valence electrons. The number of likely N-dealkylation sites (tertiary alicyclic amines) is 1. The molecule has 1 fully saturated rings. The largest absolute Gasteiger partial charge is 0.310 e. The number of nitrogens with zero attached hydrogens (tertiary/aromatic N) is 1. The summed E-state index contributed by atoms with van der Waals surface area (Å²) >= 11 is 5.91. The van der Waals surface area contributed by atoms with E-state index in [1.54, 1.807) is 0 Å².